The maximum Gasteiger partial charge on any atom is 0.244 e. The fourth-order valence-electron chi connectivity index (χ4n) is 2.26. The Morgan fingerprint density at radius 3 is 2.89 bits per heavy atom. The van der Waals surface area contributed by atoms with Gasteiger partial charge in [-0.05, 0) is 26.7 Å². The highest BCUT2D eigenvalue weighted by Gasteiger charge is 2.32. The molecular weight excluding hydrogens is 268 g/mol. The number of aryl methyl sites for hydroxylation is 1. The predicted molar refractivity (Wildman–Crippen MR) is 70.0 cm³/mol. The second-order valence-corrected chi connectivity index (χ2v) is 6.76. The molecule has 4 N–H and O–H groups in total. The first-order chi connectivity index (χ1) is 8.88. The van der Waals surface area contributed by atoms with E-state index in [1.807, 2.05) is 6.92 Å². The summed E-state index contributed by atoms with van der Waals surface area (Å²) in [5, 5.41) is 6.55. The van der Waals surface area contributed by atoms with E-state index in [4.69, 9.17) is 10.5 Å². The number of ether oxygens (including phenoxy) is 1. The van der Waals surface area contributed by atoms with Crippen molar-refractivity contribution >= 4 is 10.0 Å². The smallest absolute Gasteiger partial charge is 0.244 e. The molecule has 2 rings (SSSR count). The van der Waals surface area contributed by atoms with E-state index in [1.54, 1.807) is 6.92 Å². The lowest BCUT2D eigenvalue weighted by atomic mass is 10.0. The molecular formula is C11H20N4O3S. The van der Waals surface area contributed by atoms with Gasteiger partial charge in [-0.1, -0.05) is 0 Å². The lowest BCUT2D eigenvalue weighted by Crippen LogP contribution is -2.40. The van der Waals surface area contributed by atoms with Crippen LogP contribution in [0.15, 0.2) is 4.90 Å². The molecule has 0 bridgehead atoms. The summed E-state index contributed by atoms with van der Waals surface area (Å²) in [6.07, 6.45) is 1.81. The average Bonchev–Trinajstić information content (AvgIpc) is 2.94. The van der Waals surface area contributed by atoms with Gasteiger partial charge in [-0.25, -0.2) is 13.1 Å². The average molecular weight is 288 g/mol. The van der Waals surface area contributed by atoms with Gasteiger partial charge in [0.05, 0.1) is 17.0 Å². The summed E-state index contributed by atoms with van der Waals surface area (Å²) in [6.45, 7) is 4.58. The van der Waals surface area contributed by atoms with Gasteiger partial charge in [-0.15, -0.1) is 0 Å². The Hall–Kier alpha value is -0.960. The second-order valence-electron chi connectivity index (χ2n) is 5.06. The fourth-order valence-corrected chi connectivity index (χ4v) is 3.79. The molecule has 0 spiro atoms. The van der Waals surface area contributed by atoms with Crippen LogP contribution in [0.4, 0.5) is 0 Å². The maximum atomic E-state index is 12.3. The molecule has 1 aliphatic rings. The SMILES string of the molecule is Cc1[nH]nc(CN)c1S(=O)(=O)NCC1(C)CCCO1. The molecule has 1 unspecified atom stereocenters. The molecule has 1 saturated heterocycles. The molecule has 7 nitrogen and oxygen atoms in total. The van der Waals surface area contributed by atoms with Gasteiger partial charge in [0.25, 0.3) is 0 Å². The Morgan fingerprint density at radius 2 is 2.32 bits per heavy atom. The second kappa shape index (κ2) is 5.20. The zero-order valence-corrected chi connectivity index (χ0v) is 12.0. The van der Waals surface area contributed by atoms with Gasteiger partial charge >= 0.3 is 0 Å². The topological polar surface area (TPSA) is 110 Å². The first kappa shape index (κ1) is 14.4. The van der Waals surface area contributed by atoms with Crippen LogP contribution >= 0.6 is 0 Å². The van der Waals surface area contributed by atoms with Crippen LogP contribution in [0.2, 0.25) is 0 Å². The number of H-pyrrole nitrogens is 1. The highest BCUT2D eigenvalue weighted by Crippen LogP contribution is 2.25. The molecule has 8 heteroatoms. The van der Waals surface area contributed by atoms with Crippen LogP contribution in [0.5, 0.6) is 0 Å². The van der Waals surface area contributed by atoms with Crippen molar-refractivity contribution in [2.24, 2.45) is 5.73 Å². The highest BCUT2D eigenvalue weighted by atomic mass is 32.2. The number of nitrogens with zero attached hydrogens (tertiary/aromatic N) is 1. The van der Waals surface area contributed by atoms with Gasteiger partial charge in [-0.3, -0.25) is 5.10 Å². The fraction of sp³-hybridized carbons (Fsp3) is 0.727. The summed E-state index contributed by atoms with van der Waals surface area (Å²) in [6, 6.07) is 0. The van der Waals surface area contributed by atoms with E-state index in [0.29, 0.717) is 18.0 Å². The summed E-state index contributed by atoms with van der Waals surface area (Å²) in [4.78, 5) is 0.150. The summed E-state index contributed by atoms with van der Waals surface area (Å²) in [7, 11) is -3.62. The van der Waals surface area contributed by atoms with Crippen molar-refractivity contribution in [3.05, 3.63) is 11.4 Å². The number of aromatic amines is 1. The van der Waals surface area contributed by atoms with Crippen molar-refractivity contribution in [2.45, 2.75) is 43.7 Å². The molecule has 1 atom stereocenters. The van der Waals surface area contributed by atoms with Crippen molar-refractivity contribution in [3.63, 3.8) is 0 Å². The molecule has 0 radical (unpaired) electrons. The minimum atomic E-state index is -3.62. The molecule has 19 heavy (non-hydrogen) atoms. The molecule has 0 aliphatic carbocycles. The predicted octanol–water partition coefficient (Wildman–Crippen LogP) is 0.0242. The van der Waals surface area contributed by atoms with E-state index in [9.17, 15) is 8.42 Å². The summed E-state index contributed by atoms with van der Waals surface area (Å²) >= 11 is 0. The Balaban J connectivity index is 2.16. The largest absolute Gasteiger partial charge is 0.374 e. The van der Waals surface area contributed by atoms with E-state index in [1.165, 1.54) is 0 Å². The van der Waals surface area contributed by atoms with Gasteiger partial charge in [0.2, 0.25) is 10.0 Å². The number of nitrogens with one attached hydrogen (secondary N) is 2. The van der Waals surface area contributed by atoms with Crippen molar-refractivity contribution in [1.29, 1.82) is 0 Å². The van der Waals surface area contributed by atoms with Gasteiger partial charge in [0.1, 0.15) is 4.90 Å². The quantitative estimate of drug-likeness (QED) is 0.707. The third-order valence-corrected chi connectivity index (χ3v) is 4.96. The van der Waals surface area contributed by atoms with Crippen molar-refractivity contribution in [1.82, 2.24) is 14.9 Å². The lowest BCUT2D eigenvalue weighted by molar-refractivity contribution is 0.0250. The van der Waals surface area contributed by atoms with Crippen molar-refractivity contribution in [2.75, 3.05) is 13.2 Å². The van der Waals surface area contributed by atoms with Crippen LogP contribution in [0, 0.1) is 6.92 Å². The number of rotatable bonds is 5. The Morgan fingerprint density at radius 1 is 1.58 bits per heavy atom. The lowest BCUT2D eigenvalue weighted by Gasteiger charge is -2.23. The van der Waals surface area contributed by atoms with Gasteiger partial charge < -0.3 is 10.5 Å². The van der Waals surface area contributed by atoms with Crippen LogP contribution in [0.1, 0.15) is 31.2 Å². The Kier molecular flexibility index (Phi) is 3.95. The molecule has 108 valence electrons. The number of nitrogens with two attached hydrogens (primary N) is 1. The van der Waals surface area contributed by atoms with E-state index in [2.05, 4.69) is 14.9 Å². The monoisotopic (exact) mass is 288 g/mol. The maximum absolute atomic E-state index is 12.3. The molecule has 0 aromatic carbocycles. The summed E-state index contributed by atoms with van der Waals surface area (Å²) in [5.74, 6) is 0. The van der Waals surface area contributed by atoms with Crippen LogP contribution in [-0.4, -0.2) is 37.4 Å². The summed E-state index contributed by atoms with van der Waals surface area (Å²) in [5.41, 5.74) is 5.92. The Bertz CT molecular complexity index is 546. The zero-order valence-electron chi connectivity index (χ0n) is 11.2. The minimum absolute atomic E-state index is 0.0777. The van der Waals surface area contributed by atoms with Gasteiger partial charge in [-0.2, -0.15) is 5.10 Å². The van der Waals surface area contributed by atoms with Crippen molar-refractivity contribution in [3.8, 4) is 0 Å². The summed E-state index contributed by atoms with van der Waals surface area (Å²) < 4.78 is 32.8. The first-order valence-electron chi connectivity index (χ1n) is 6.25. The van der Waals surface area contributed by atoms with Crippen LogP contribution in [0.3, 0.4) is 0 Å². The molecule has 0 amide bonds. The van der Waals surface area contributed by atoms with Crippen LogP contribution in [-0.2, 0) is 21.3 Å². The number of hydrogen-bond donors (Lipinski definition) is 3. The third-order valence-electron chi connectivity index (χ3n) is 3.36. The van der Waals surface area contributed by atoms with E-state index in [0.717, 1.165) is 12.8 Å². The normalized spacial score (nSPS) is 23.9. The number of sulfonamides is 1. The van der Waals surface area contributed by atoms with Crippen LogP contribution in [0.25, 0.3) is 0 Å². The Labute approximate surface area is 113 Å². The van der Waals surface area contributed by atoms with E-state index in [-0.39, 0.29) is 18.0 Å². The molecule has 1 aromatic heterocycles. The highest BCUT2D eigenvalue weighted by molar-refractivity contribution is 7.89. The van der Waals surface area contributed by atoms with E-state index >= 15 is 0 Å². The van der Waals surface area contributed by atoms with Crippen molar-refractivity contribution < 1.29 is 13.2 Å². The molecule has 1 aliphatic heterocycles. The molecule has 1 fully saturated rings. The number of aromatic nitrogens is 2. The number of hydrogen-bond acceptors (Lipinski definition) is 5. The van der Waals surface area contributed by atoms with Gasteiger partial charge in [0.15, 0.2) is 0 Å². The van der Waals surface area contributed by atoms with Crippen LogP contribution < -0.4 is 10.5 Å². The molecule has 2 heterocycles. The zero-order chi connectivity index (χ0) is 14.1. The first-order valence-corrected chi connectivity index (χ1v) is 7.74. The molecule has 0 saturated carbocycles. The minimum Gasteiger partial charge on any atom is -0.374 e. The third kappa shape index (κ3) is 2.97. The molecule has 1 aromatic rings. The van der Waals surface area contributed by atoms with E-state index < -0.39 is 15.6 Å². The standard InChI is InChI=1S/C11H20N4O3S/c1-8-10(9(6-12)15-14-8)19(16,17)13-7-11(2)4-3-5-18-11/h13H,3-7,12H2,1-2H3,(H,14,15). The van der Waals surface area contributed by atoms with Gasteiger partial charge in [0, 0.05) is 19.7 Å².